The smallest absolute Gasteiger partial charge is 0.257 e. The minimum atomic E-state index is -3.75. The third-order valence-electron chi connectivity index (χ3n) is 4.46. The summed E-state index contributed by atoms with van der Waals surface area (Å²) in [5.74, 6) is 0.327. The topological polar surface area (TPSA) is 101 Å². The van der Waals surface area contributed by atoms with E-state index in [1.165, 1.54) is 48.1 Å². The summed E-state index contributed by atoms with van der Waals surface area (Å²) >= 11 is 6.16. The van der Waals surface area contributed by atoms with Crippen molar-refractivity contribution in [3.05, 3.63) is 71.6 Å². The van der Waals surface area contributed by atoms with Gasteiger partial charge in [-0.15, -0.1) is 0 Å². The number of hydrogen-bond donors (Lipinski definition) is 1. The highest BCUT2D eigenvalue weighted by atomic mass is 35.5. The lowest BCUT2D eigenvalue weighted by molar-refractivity contribution is 0.102. The SMILES string of the molecule is CC(C)N(C)S(=O)(=O)c1ccc(Cl)c(C(=O)Nc2ccc(Oc3cnccn3)cc2)c1. The number of rotatable bonds is 7. The Bertz CT molecular complexity index is 1170. The van der Waals surface area contributed by atoms with Crippen molar-refractivity contribution in [3.8, 4) is 11.6 Å². The first-order valence-corrected chi connectivity index (χ1v) is 11.1. The lowest BCUT2D eigenvalue weighted by Crippen LogP contribution is -2.33. The van der Waals surface area contributed by atoms with Gasteiger partial charge in [0.2, 0.25) is 15.9 Å². The molecule has 0 spiro atoms. The fraction of sp³-hybridized carbons (Fsp3) is 0.190. The maximum absolute atomic E-state index is 12.7. The van der Waals surface area contributed by atoms with Crippen molar-refractivity contribution in [1.29, 1.82) is 0 Å². The van der Waals surface area contributed by atoms with Gasteiger partial charge in [0.1, 0.15) is 5.75 Å². The lowest BCUT2D eigenvalue weighted by Gasteiger charge is -2.21. The third kappa shape index (κ3) is 5.38. The molecule has 1 heterocycles. The Morgan fingerprint density at radius 2 is 1.84 bits per heavy atom. The molecule has 0 radical (unpaired) electrons. The van der Waals surface area contributed by atoms with Gasteiger partial charge in [0.05, 0.1) is 21.7 Å². The van der Waals surface area contributed by atoms with Crippen LogP contribution in [-0.2, 0) is 10.0 Å². The van der Waals surface area contributed by atoms with Gasteiger partial charge in [0.15, 0.2) is 0 Å². The average Bonchev–Trinajstić information content (AvgIpc) is 2.75. The molecule has 3 rings (SSSR count). The van der Waals surface area contributed by atoms with Crippen LogP contribution in [0.2, 0.25) is 5.02 Å². The molecule has 10 heteroatoms. The molecule has 0 aliphatic carbocycles. The monoisotopic (exact) mass is 460 g/mol. The van der Waals surface area contributed by atoms with Crippen molar-refractivity contribution < 1.29 is 17.9 Å². The van der Waals surface area contributed by atoms with E-state index in [2.05, 4.69) is 15.3 Å². The van der Waals surface area contributed by atoms with Crippen LogP contribution in [0.3, 0.4) is 0 Å². The normalized spacial score (nSPS) is 11.5. The van der Waals surface area contributed by atoms with Crippen LogP contribution in [0.5, 0.6) is 11.6 Å². The first kappa shape index (κ1) is 22.7. The number of hydrogen-bond acceptors (Lipinski definition) is 6. The van der Waals surface area contributed by atoms with Gasteiger partial charge in [-0.2, -0.15) is 4.31 Å². The molecule has 162 valence electrons. The molecule has 0 aliphatic heterocycles. The van der Waals surface area contributed by atoms with E-state index in [0.717, 1.165) is 0 Å². The fourth-order valence-electron chi connectivity index (χ4n) is 2.55. The number of anilines is 1. The fourth-order valence-corrected chi connectivity index (χ4v) is 4.14. The molecule has 1 aromatic heterocycles. The van der Waals surface area contributed by atoms with Crippen LogP contribution in [0.4, 0.5) is 5.69 Å². The van der Waals surface area contributed by atoms with E-state index in [1.807, 2.05) is 0 Å². The van der Waals surface area contributed by atoms with Gasteiger partial charge in [0, 0.05) is 31.2 Å². The van der Waals surface area contributed by atoms with E-state index < -0.39 is 15.9 Å². The Balaban J connectivity index is 1.77. The van der Waals surface area contributed by atoms with Crippen molar-refractivity contribution in [3.63, 3.8) is 0 Å². The maximum atomic E-state index is 12.7. The molecule has 3 aromatic rings. The highest BCUT2D eigenvalue weighted by Crippen LogP contribution is 2.25. The summed E-state index contributed by atoms with van der Waals surface area (Å²) in [5.41, 5.74) is 0.542. The van der Waals surface area contributed by atoms with Crippen molar-refractivity contribution in [2.45, 2.75) is 24.8 Å². The predicted octanol–water partition coefficient (Wildman–Crippen LogP) is 4.20. The molecular weight excluding hydrogens is 440 g/mol. The first-order valence-electron chi connectivity index (χ1n) is 9.31. The van der Waals surface area contributed by atoms with Crippen LogP contribution in [0.15, 0.2) is 66.0 Å². The van der Waals surface area contributed by atoms with E-state index in [4.69, 9.17) is 16.3 Å². The number of amides is 1. The van der Waals surface area contributed by atoms with Crippen molar-refractivity contribution in [2.24, 2.45) is 0 Å². The zero-order chi connectivity index (χ0) is 22.6. The number of aromatic nitrogens is 2. The highest BCUT2D eigenvalue weighted by molar-refractivity contribution is 7.89. The predicted molar refractivity (Wildman–Crippen MR) is 118 cm³/mol. The molecule has 8 nitrogen and oxygen atoms in total. The van der Waals surface area contributed by atoms with Crippen LogP contribution in [0.25, 0.3) is 0 Å². The number of carbonyl (C=O) groups is 1. The Kier molecular flexibility index (Phi) is 6.89. The quantitative estimate of drug-likeness (QED) is 0.566. The zero-order valence-electron chi connectivity index (χ0n) is 17.1. The number of nitrogens with one attached hydrogen (secondary N) is 1. The molecule has 0 unspecified atom stereocenters. The van der Waals surface area contributed by atoms with Gasteiger partial charge >= 0.3 is 0 Å². The molecule has 0 atom stereocenters. The van der Waals surface area contributed by atoms with Crippen molar-refractivity contribution >= 4 is 33.2 Å². The minimum absolute atomic E-state index is 0.00836. The summed E-state index contributed by atoms with van der Waals surface area (Å²) in [6, 6.07) is 10.4. The van der Waals surface area contributed by atoms with Crippen LogP contribution >= 0.6 is 11.6 Å². The summed E-state index contributed by atoms with van der Waals surface area (Å²) in [6.45, 7) is 3.53. The second-order valence-corrected chi connectivity index (χ2v) is 9.29. The van der Waals surface area contributed by atoms with Gasteiger partial charge < -0.3 is 10.1 Å². The van der Waals surface area contributed by atoms with Crippen molar-refractivity contribution in [1.82, 2.24) is 14.3 Å². The van der Waals surface area contributed by atoms with Crippen LogP contribution in [0.1, 0.15) is 24.2 Å². The molecular formula is C21H21ClN4O4S. The summed E-state index contributed by atoms with van der Waals surface area (Å²) in [4.78, 5) is 20.7. The minimum Gasteiger partial charge on any atom is -0.438 e. The number of halogens is 1. The summed E-state index contributed by atoms with van der Waals surface area (Å²) in [6.07, 6.45) is 4.54. The number of benzene rings is 2. The number of sulfonamides is 1. The molecule has 1 amide bonds. The number of carbonyl (C=O) groups excluding carboxylic acids is 1. The van der Waals surface area contributed by atoms with Crippen LogP contribution < -0.4 is 10.1 Å². The van der Waals surface area contributed by atoms with Gasteiger partial charge in [-0.05, 0) is 56.3 Å². The number of ether oxygens (including phenoxy) is 1. The van der Waals surface area contributed by atoms with E-state index in [-0.39, 0.29) is 21.5 Å². The van der Waals surface area contributed by atoms with E-state index in [0.29, 0.717) is 17.3 Å². The van der Waals surface area contributed by atoms with Crippen molar-refractivity contribution in [2.75, 3.05) is 12.4 Å². The first-order chi connectivity index (χ1) is 14.7. The molecule has 31 heavy (non-hydrogen) atoms. The van der Waals surface area contributed by atoms with E-state index in [9.17, 15) is 13.2 Å². The van der Waals surface area contributed by atoms with Gasteiger partial charge in [0.25, 0.3) is 5.91 Å². The molecule has 0 fully saturated rings. The third-order valence-corrected chi connectivity index (χ3v) is 6.82. The van der Waals surface area contributed by atoms with Gasteiger partial charge in [-0.1, -0.05) is 11.6 Å². The Labute approximate surface area is 185 Å². The van der Waals surface area contributed by atoms with Crippen LogP contribution in [-0.4, -0.2) is 41.7 Å². The maximum Gasteiger partial charge on any atom is 0.257 e. The van der Waals surface area contributed by atoms with E-state index >= 15 is 0 Å². The summed E-state index contributed by atoms with van der Waals surface area (Å²) < 4.78 is 32.3. The Morgan fingerprint density at radius 1 is 1.13 bits per heavy atom. The summed E-state index contributed by atoms with van der Waals surface area (Å²) in [7, 11) is -2.27. The molecule has 1 N–H and O–H groups in total. The number of nitrogens with zero attached hydrogens (tertiary/aromatic N) is 3. The molecule has 0 saturated heterocycles. The molecule has 0 saturated carbocycles. The molecule has 0 bridgehead atoms. The standard InChI is InChI=1S/C21H21ClN4O4S/c1-14(2)26(3)31(28,29)17-8-9-19(22)18(12-17)21(27)25-15-4-6-16(7-5-15)30-20-13-23-10-11-24-20/h4-14H,1-3H3,(H,25,27). The Hall–Kier alpha value is -3.01. The summed E-state index contributed by atoms with van der Waals surface area (Å²) in [5, 5.41) is 2.85. The van der Waals surface area contributed by atoms with Gasteiger partial charge in [-0.25, -0.2) is 13.4 Å². The second kappa shape index (κ2) is 9.42. The highest BCUT2D eigenvalue weighted by Gasteiger charge is 2.25. The average molecular weight is 461 g/mol. The zero-order valence-corrected chi connectivity index (χ0v) is 18.7. The van der Waals surface area contributed by atoms with E-state index in [1.54, 1.807) is 38.1 Å². The molecule has 0 aliphatic rings. The molecule has 2 aromatic carbocycles. The largest absolute Gasteiger partial charge is 0.438 e. The lowest BCUT2D eigenvalue weighted by atomic mass is 10.2. The van der Waals surface area contributed by atoms with Crippen LogP contribution in [0, 0.1) is 0 Å². The second-order valence-electron chi connectivity index (χ2n) is 6.88. The van der Waals surface area contributed by atoms with Gasteiger partial charge in [-0.3, -0.25) is 9.78 Å². The Morgan fingerprint density at radius 3 is 2.45 bits per heavy atom.